The molecule has 1 nitrogen and oxygen atoms in total. The molecule has 1 heteroatoms. The van der Waals surface area contributed by atoms with Crippen LogP contribution in [0.4, 0.5) is 0 Å². The first-order valence-corrected chi connectivity index (χ1v) is 15.4. The summed E-state index contributed by atoms with van der Waals surface area (Å²) in [5.41, 5.74) is 7.23. The van der Waals surface area contributed by atoms with Gasteiger partial charge in [-0.2, -0.15) is 0 Å². The van der Waals surface area contributed by atoms with Crippen LogP contribution in [-0.2, 0) is 15.6 Å². The molecule has 0 heterocycles. The van der Waals surface area contributed by atoms with Gasteiger partial charge in [-0.3, -0.25) is 4.79 Å². The average molecular weight is 565 g/mol. The second-order valence-electron chi connectivity index (χ2n) is 12.0. The molecule has 3 aliphatic carbocycles. The van der Waals surface area contributed by atoms with Gasteiger partial charge in [-0.1, -0.05) is 182 Å². The van der Waals surface area contributed by atoms with Crippen LogP contribution in [-0.4, -0.2) is 5.78 Å². The maximum Gasteiger partial charge on any atom is 0.164 e. The summed E-state index contributed by atoms with van der Waals surface area (Å²) in [6.45, 7) is 0. The number of hydrogen-bond acceptors (Lipinski definition) is 1. The lowest BCUT2D eigenvalue weighted by atomic mass is 9.58. The number of benzene rings is 5. The second kappa shape index (κ2) is 10.5. The number of hydrogen-bond donors (Lipinski definition) is 0. The Hall–Kier alpha value is -5.27. The van der Waals surface area contributed by atoms with E-state index in [1.54, 1.807) is 0 Å². The van der Waals surface area contributed by atoms with Crippen molar-refractivity contribution in [2.24, 2.45) is 11.8 Å². The molecule has 0 amide bonds. The lowest BCUT2D eigenvalue weighted by molar-refractivity contribution is -0.123. The zero-order valence-electron chi connectivity index (χ0n) is 24.4. The number of fused-ring (bicyclic) bond motifs is 5. The van der Waals surface area contributed by atoms with E-state index in [4.69, 9.17) is 0 Å². The lowest BCUT2D eigenvalue weighted by Crippen LogP contribution is -2.39. The molecule has 0 N–H and O–H groups in total. The van der Waals surface area contributed by atoms with E-state index in [1.165, 1.54) is 5.57 Å². The van der Waals surface area contributed by atoms with Crippen LogP contribution in [0.3, 0.4) is 0 Å². The Morgan fingerprint density at radius 3 is 1.52 bits per heavy atom. The molecule has 3 aliphatic rings. The zero-order chi connectivity index (χ0) is 29.6. The number of ketones is 1. The number of carbonyl (C=O) groups is 1. The first-order valence-electron chi connectivity index (χ1n) is 15.4. The van der Waals surface area contributed by atoms with Crippen molar-refractivity contribution in [1.82, 2.24) is 0 Å². The summed E-state index contributed by atoms with van der Waals surface area (Å²) in [7, 11) is 0. The molecule has 4 atom stereocenters. The minimum absolute atomic E-state index is 0.0309. The SMILES string of the molecule is O=C1[C@@]2(c3ccccc3)C(c3ccccc3)=C(c3ccccc3)[C@]1(c1ccccc1)[C@H]1C=C/C(=C\C=C\c3ccccc3)[C@H]12. The quantitative estimate of drug-likeness (QED) is 0.201. The fourth-order valence-corrected chi connectivity index (χ4v) is 8.37. The normalized spacial score (nSPS) is 26.2. The first-order chi connectivity index (χ1) is 21.8. The molecular weight excluding hydrogens is 532 g/mol. The van der Waals surface area contributed by atoms with Crippen LogP contribution in [0.25, 0.3) is 17.2 Å². The lowest BCUT2D eigenvalue weighted by Gasteiger charge is -2.42. The molecule has 210 valence electrons. The highest BCUT2D eigenvalue weighted by atomic mass is 16.1. The Bertz CT molecular complexity index is 1950. The van der Waals surface area contributed by atoms with Crippen molar-refractivity contribution in [3.63, 3.8) is 0 Å². The highest BCUT2D eigenvalue weighted by Gasteiger charge is 2.77. The van der Waals surface area contributed by atoms with E-state index < -0.39 is 10.8 Å². The van der Waals surface area contributed by atoms with Crippen LogP contribution in [0.1, 0.15) is 27.8 Å². The van der Waals surface area contributed by atoms with E-state index >= 15 is 4.79 Å². The monoisotopic (exact) mass is 564 g/mol. The molecule has 2 bridgehead atoms. The maximum atomic E-state index is 15.9. The molecule has 0 aromatic heterocycles. The number of carbonyl (C=O) groups excluding carboxylic acids is 1. The molecule has 44 heavy (non-hydrogen) atoms. The molecule has 0 radical (unpaired) electrons. The van der Waals surface area contributed by atoms with Crippen LogP contribution in [0.15, 0.2) is 182 Å². The molecule has 8 rings (SSSR count). The fourth-order valence-electron chi connectivity index (χ4n) is 8.37. The molecule has 0 unspecified atom stereocenters. The van der Waals surface area contributed by atoms with Crippen LogP contribution < -0.4 is 0 Å². The van der Waals surface area contributed by atoms with E-state index in [0.717, 1.165) is 39.0 Å². The van der Waals surface area contributed by atoms with Gasteiger partial charge in [0, 0.05) is 11.8 Å². The van der Waals surface area contributed by atoms with Crippen LogP contribution >= 0.6 is 0 Å². The summed E-state index contributed by atoms with van der Waals surface area (Å²) in [6, 6.07) is 52.7. The third-order valence-corrected chi connectivity index (χ3v) is 9.90. The largest absolute Gasteiger partial charge is 0.297 e. The van der Waals surface area contributed by atoms with E-state index in [9.17, 15) is 0 Å². The summed E-state index contributed by atoms with van der Waals surface area (Å²) in [5, 5.41) is 0. The van der Waals surface area contributed by atoms with Crippen molar-refractivity contribution in [3.8, 4) is 0 Å². The van der Waals surface area contributed by atoms with Gasteiger partial charge in [0.25, 0.3) is 0 Å². The van der Waals surface area contributed by atoms with E-state index in [0.29, 0.717) is 0 Å². The van der Waals surface area contributed by atoms with Crippen LogP contribution in [0.2, 0.25) is 0 Å². The van der Waals surface area contributed by atoms with Gasteiger partial charge in [0.05, 0.1) is 10.8 Å². The van der Waals surface area contributed by atoms with Gasteiger partial charge in [-0.05, 0) is 44.5 Å². The summed E-state index contributed by atoms with van der Waals surface area (Å²) in [6.07, 6.45) is 11.1. The number of rotatable bonds is 6. The first kappa shape index (κ1) is 26.4. The van der Waals surface area contributed by atoms with Gasteiger partial charge >= 0.3 is 0 Å². The Morgan fingerprint density at radius 1 is 0.523 bits per heavy atom. The molecular formula is C43H32O. The third kappa shape index (κ3) is 3.63. The highest BCUT2D eigenvalue weighted by molar-refractivity contribution is 6.30. The maximum absolute atomic E-state index is 15.9. The van der Waals surface area contributed by atoms with E-state index in [1.807, 2.05) is 18.2 Å². The standard InChI is InChI=1S/C43H32O/c44-41-42(35-25-12-4-13-26-35)37-30-29-34(24-16-19-31-17-6-1-7-18-31)38(37)43(41,36-27-14-5-15-28-36)40(33-22-10-3-11-23-33)39(42)32-20-8-2-9-21-32/h1-30,37-38H/b19-16+,34-24+/t37-,38+,42-,43+/m0/s1. The van der Waals surface area contributed by atoms with Gasteiger partial charge in [-0.15, -0.1) is 0 Å². The van der Waals surface area contributed by atoms with Gasteiger partial charge in [0.15, 0.2) is 5.78 Å². The predicted octanol–water partition coefficient (Wildman–Crippen LogP) is 9.51. The zero-order valence-corrected chi connectivity index (χ0v) is 24.4. The highest BCUT2D eigenvalue weighted by Crippen LogP contribution is 2.75. The van der Waals surface area contributed by atoms with E-state index in [2.05, 4.69) is 164 Å². The third-order valence-electron chi connectivity index (χ3n) is 9.90. The number of allylic oxidation sites excluding steroid dienone is 7. The molecule has 1 saturated carbocycles. The molecule has 0 spiro atoms. The summed E-state index contributed by atoms with van der Waals surface area (Å²) in [4.78, 5) is 15.9. The topological polar surface area (TPSA) is 17.1 Å². The molecule has 5 aromatic rings. The van der Waals surface area contributed by atoms with Crippen molar-refractivity contribution in [1.29, 1.82) is 0 Å². The second-order valence-corrected chi connectivity index (χ2v) is 12.0. The predicted molar refractivity (Wildman–Crippen MR) is 181 cm³/mol. The Morgan fingerprint density at radius 2 is 0.977 bits per heavy atom. The van der Waals surface area contributed by atoms with Gasteiger partial charge in [0.1, 0.15) is 0 Å². The van der Waals surface area contributed by atoms with Crippen molar-refractivity contribution in [2.75, 3.05) is 0 Å². The minimum Gasteiger partial charge on any atom is -0.297 e. The fraction of sp³-hybridized carbons (Fsp3) is 0.0930. The Balaban J connectivity index is 1.48. The van der Waals surface area contributed by atoms with E-state index in [-0.39, 0.29) is 17.6 Å². The molecule has 0 saturated heterocycles. The van der Waals surface area contributed by atoms with Crippen molar-refractivity contribution in [3.05, 3.63) is 209 Å². The minimum atomic E-state index is -0.871. The summed E-state index contributed by atoms with van der Waals surface area (Å²) < 4.78 is 0. The van der Waals surface area contributed by atoms with Crippen molar-refractivity contribution in [2.45, 2.75) is 10.8 Å². The Kier molecular flexibility index (Phi) is 6.27. The van der Waals surface area contributed by atoms with Gasteiger partial charge in [-0.25, -0.2) is 0 Å². The number of Topliss-reactive ketones (excluding diaryl/α,β-unsaturated/α-hetero) is 1. The van der Waals surface area contributed by atoms with Gasteiger partial charge < -0.3 is 0 Å². The van der Waals surface area contributed by atoms with Gasteiger partial charge in [0.2, 0.25) is 0 Å². The summed E-state index contributed by atoms with van der Waals surface area (Å²) in [5.74, 6) is 0.190. The van der Waals surface area contributed by atoms with Crippen molar-refractivity contribution >= 4 is 23.0 Å². The molecule has 0 aliphatic heterocycles. The molecule has 5 aromatic carbocycles. The smallest absolute Gasteiger partial charge is 0.164 e. The van der Waals surface area contributed by atoms with Crippen LogP contribution in [0.5, 0.6) is 0 Å². The van der Waals surface area contributed by atoms with Crippen molar-refractivity contribution < 1.29 is 4.79 Å². The average Bonchev–Trinajstić information content (AvgIpc) is 3.70. The molecule has 1 fully saturated rings. The summed E-state index contributed by atoms with van der Waals surface area (Å²) >= 11 is 0. The van der Waals surface area contributed by atoms with Crippen LogP contribution in [0, 0.1) is 11.8 Å². The Labute approximate surface area is 259 Å².